The molecule has 1 aliphatic rings. The fourth-order valence-corrected chi connectivity index (χ4v) is 7.77. The third-order valence-corrected chi connectivity index (χ3v) is 10.8. The second kappa shape index (κ2) is 16.3. The van der Waals surface area contributed by atoms with Crippen LogP contribution in [0.2, 0.25) is 0 Å². The van der Waals surface area contributed by atoms with E-state index >= 15 is 0 Å². The number of hydrogen-bond donors (Lipinski definition) is 1. The van der Waals surface area contributed by atoms with Crippen LogP contribution in [0.4, 0.5) is 0 Å². The van der Waals surface area contributed by atoms with Crippen molar-refractivity contribution in [2.75, 3.05) is 41.8 Å². The lowest BCUT2D eigenvalue weighted by Gasteiger charge is -2.32. The number of aromatic amines is 1. The Kier molecular flexibility index (Phi) is 11.1. The molecule has 0 spiro atoms. The van der Waals surface area contributed by atoms with E-state index in [1.807, 2.05) is 134 Å². The number of imidazole rings is 2. The van der Waals surface area contributed by atoms with Crippen molar-refractivity contribution < 1.29 is 9.59 Å². The van der Waals surface area contributed by atoms with Crippen LogP contribution in [0.5, 0.6) is 0 Å². The van der Waals surface area contributed by atoms with Gasteiger partial charge in [0.05, 0.1) is 24.0 Å². The highest BCUT2D eigenvalue weighted by Crippen LogP contribution is 2.35. The number of carbonyl (C=O) groups is 2. The summed E-state index contributed by atoms with van der Waals surface area (Å²) in [5, 5.41) is 0. The van der Waals surface area contributed by atoms with Gasteiger partial charge in [-0.25, -0.2) is 9.97 Å². The summed E-state index contributed by atoms with van der Waals surface area (Å²) in [6.45, 7) is 2.73. The van der Waals surface area contributed by atoms with Gasteiger partial charge in [0.2, 0.25) is 11.8 Å². The lowest BCUT2D eigenvalue weighted by molar-refractivity contribution is -0.138. The molecule has 4 aromatic carbocycles. The first-order valence-corrected chi connectivity index (χ1v) is 18.9. The third kappa shape index (κ3) is 7.74. The Balaban J connectivity index is 1.03. The van der Waals surface area contributed by atoms with E-state index in [4.69, 9.17) is 4.98 Å². The molecule has 0 radical (unpaired) electrons. The van der Waals surface area contributed by atoms with Gasteiger partial charge in [-0.3, -0.25) is 19.4 Å². The molecule has 55 heavy (non-hydrogen) atoms. The SMILES string of the molecule is C[C@@H](c1nccn1-c1ccc(-c2ccc(-c3cnc([C@@H]4CCCN4C(=O)[C@@H](c4ccccc4)N(C)C)[nH]3)cc2)cc1)N(C)C(=O)[C@@H](c1ccccc1)N(C)C. The highest BCUT2D eigenvalue weighted by Gasteiger charge is 2.37. The minimum atomic E-state index is -0.396. The molecule has 10 heteroatoms. The van der Waals surface area contributed by atoms with Crippen molar-refractivity contribution in [3.05, 3.63) is 151 Å². The van der Waals surface area contributed by atoms with E-state index in [9.17, 15) is 9.59 Å². The lowest BCUT2D eigenvalue weighted by atomic mass is 10.0. The van der Waals surface area contributed by atoms with Gasteiger partial charge in [-0.1, -0.05) is 97.1 Å². The average molecular weight is 735 g/mol. The van der Waals surface area contributed by atoms with Gasteiger partial charge in [0.25, 0.3) is 0 Å². The standard InChI is InChI=1S/C45H50N8O2/c1-31(51(6)44(54)40(49(2)3)35-14-9-7-10-15-35)43-46-27-29-52(43)37-25-23-33(24-26-37)32-19-21-34(22-20-32)38-30-47-42(48-38)39-18-13-28-53(39)45(55)41(50(4)5)36-16-11-8-12-17-36/h7-12,14-17,19-27,29-31,39-41H,13,18,28H2,1-6H3,(H,47,48)/t31-,39-,40+,41+/m0/s1. The average Bonchev–Trinajstić information content (AvgIpc) is 4.00. The topological polar surface area (TPSA) is 93.6 Å². The van der Waals surface area contributed by atoms with Crippen LogP contribution in [0, 0.1) is 0 Å². The Bertz CT molecular complexity index is 2190. The summed E-state index contributed by atoms with van der Waals surface area (Å²) in [7, 11) is 9.62. The smallest absolute Gasteiger partial charge is 0.245 e. The van der Waals surface area contributed by atoms with Crippen LogP contribution in [0.3, 0.4) is 0 Å². The van der Waals surface area contributed by atoms with Crippen molar-refractivity contribution in [3.63, 3.8) is 0 Å². The molecule has 1 fully saturated rings. The van der Waals surface area contributed by atoms with Crippen LogP contribution >= 0.6 is 0 Å². The number of amides is 2. The Morgan fingerprint density at radius 3 is 1.89 bits per heavy atom. The maximum absolute atomic E-state index is 13.9. The van der Waals surface area contributed by atoms with Crippen LogP contribution in [-0.4, -0.2) is 92.7 Å². The number of benzene rings is 4. The number of hydrogen-bond acceptors (Lipinski definition) is 6. The Labute approximate surface area is 324 Å². The van der Waals surface area contributed by atoms with Crippen LogP contribution < -0.4 is 0 Å². The maximum Gasteiger partial charge on any atom is 0.245 e. The highest BCUT2D eigenvalue weighted by atomic mass is 16.2. The van der Waals surface area contributed by atoms with Gasteiger partial charge >= 0.3 is 0 Å². The summed E-state index contributed by atoms with van der Waals surface area (Å²) in [5.41, 5.74) is 7.07. The molecule has 0 unspecified atom stereocenters. The largest absolute Gasteiger partial charge is 0.340 e. The number of likely N-dealkylation sites (tertiary alicyclic amines) is 1. The van der Waals surface area contributed by atoms with Crippen LogP contribution in [0.25, 0.3) is 28.1 Å². The minimum Gasteiger partial charge on any atom is -0.340 e. The summed E-state index contributed by atoms with van der Waals surface area (Å²) in [6.07, 6.45) is 7.42. The van der Waals surface area contributed by atoms with Gasteiger partial charge in [0.15, 0.2) is 0 Å². The molecule has 10 nitrogen and oxygen atoms in total. The predicted molar refractivity (Wildman–Crippen MR) is 217 cm³/mol. The molecular weight excluding hydrogens is 685 g/mol. The fourth-order valence-electron chi connectivity index (χ4n) is 7.77. The number of likely N-dealkylation sites (N-methyl/N-ethyl adjacent to an activating group) is 3. The van der Waals surface area contributed by atoms with Crippen molar-refractivity contribution in [1.29, 1.82) is 0 Å². The highest BCUT2D eigenvalue weighted by molar-refractivity contribution is 5.84. The van der Waals surface area contributed by atoms with Gasteiger partial charge in [0.1, 0.15) is 23.7 Å². The first-order chi connectivity index (χ1) is 26.6. The number of carbonyl (C=O) groups excluding carboxylic acids is 2. The lowest BCUT2D eigenvalue weighted by Crippen LogP contribution is -2.40. The molecular formula is C45H50N8O2. The van der Waals surface area contributed by atoms with Gasteiger partial charge < -0.3 is 19.4 Å². The number of rotatable bonds is 12. The van der Waals surface area contributed by atoms with Gasteiger partial charge in [-0.2, -0.15) is 0 Å². The Morgan fingerprint density at radius 2 is 1.29 bits per heavy atom. The molecule has 4 atom stereocenters. The van der Waals surface area contributed by atoms with E-state index < -0.39 is 6.04 Å². The zero-order chi connectivity index (χ0) is 38.6. The molecule has 2 amide bonds. The number of nitrogens with zero attached hydrogens (tertiary/aromatic N) is 7. The van der Waals surface area contributed by atoms with Gasteiger partial charge in [0, 0.05) is 31.7 Å². The summed E-state index contributed by atoms with van der Waals surface area (Å²) in [5.74, 6) is 1.72. The molecule has 0 saturated carbocycles. The molecule has 2 aromatic heterocycles. The molecule has 1 aliphatic heterocycles. The van der Waals surface area contributed by atoms with E-state index in [1.54, 1.807) is 11.1 Å². The van der Waals surface area contributed by atoms with Gasteiger partial charge in [-0.15, -0.1) is 0 Å². The second-order valence-electron chi connectivity index (χ2n) is 14.8. The minimum absolute atomic E-state index is 0.0102. The number of nitrogens with one attached hydrogen (secondary N) is 1. The van der Waals surface area contributed by atoms with E-state index in [0.717, 1.165) is 63.7 Å². The number of H-pyrrole nitrogens is 1. The Morgan fingerprint density at radius 1 is 0.727 bits per heavy atom. The summed E-state index contributed by atoms with van der Waals surface area (Å²) < 4.78 is 2.05. The molecule has 6 aromatic rings. The molecule has 1 N–H and O–H groups in total. The molecule has 282 valence electrons. The zero-order valence-electron chi connectivity index (χ0n) is 32.5. The van der Waals surface area contributed by atoms with Crippen LogP contribution in [0.15, 0.2) is 128 Å². The molecule has 7 rings (SSSR count). The van der Waals surface area contributed by atoms with Crippen LogP contribution in [0.1, 0.15) is 66.7 Å². The third-order valence-electron chi connectivity index (χ3n) is 10.8. The van der Waals surface area contributed by atoms with Crippen molar-refractivity contribution in [3.8, 4) is 28.1 Å². The van der Waals surface area contributed by atoms with E-state index in [2.05, 4.69) is 58.5 Å². The first kappa shape index (κ1) is 37.5. The van der Waals surface area contributed by atoms with Crippen molar-refractivity contribution in [2.24, 2.45) is 0 Å². The molecule has 1 saturated heterocycles. The van der Waals surface area contributed by atoms with E-state index in [1.165, 1.54) is 0 Å². The van der Waals surface area contributed by atoms with E-state index in [0.29, 0.717) is 6.54 Å². The van der Waals surface area contributed by atoms with Crippen molar-refractivity contribution in [2.45, 2.75) is 43.9 Å². The monoisotopic (exact) mass is 734 g/mol. The Hall–Kier alpha value is -5.84. The second-order valence-corrected chi connectivity index (χ2v) is 14.8. The summed E-state index contributed by atoms with van der Waals surface area (Å²) >= 11 is 0. The van der Waals surface area contributed by atoms with Crippen LogP contribution in [-0.2, 0) is 9.59 Å². The summed E-state index contributed by atoms with van der Waals surface area (Å²) in [4.78, 5) is 48.4. The quantitative estimate of drug-likeness (QED) is 0.139. The van der Waals surface area contributed by atoms with Crippen molar-refractivity contribution in [1.82, 2.24) is 39.1 Å². The fraction of sp³-hybridized carbons (Fsp3) is 0.289. The normalized spacial score (nSPS) is 16.0. The molecule has 0 bridgehead atoms. The summed E-state index contributed by atoms with van der Waals surface area (Å²) in [6, 6.07) is 35.6. The van der Waals surface area contributed by atoms with E-state index in [-0.39, 0.29) is 29.9 Å². The molecule has 3 heterocycles. The zero-order valence-corrected chi connectivity index (χ0v) is 32.5. The maximum atomic E-state index is 13.9. The number of aromatic nitrogens is 4. The predicted octanol–water partition coefficient (Wildman–Crippen LogP) is 7.72. The molecule has 0 aliphatic carbocycles. The first-order valence-electron chi connectivity index (χ1n) is 18.9. The van der Waals surface area contributed by atoms with Crippen molar-refractivity contribution >= 4 is 11.8 Å². The van der Waals surface area contributed by atoms with Gasteiger partial charge in [-0.05, 0) is 87.9 Å².